The molecule has 7 heteroatoms. The topological polar surface area (TPSA) is 55.8 Å². The summed E-state index contributed by atoms with van der Waals surface area (Å²) in [7, 11) is 1.46. The highest BCUT2D eigenvalue weighted by Crippen LogP contribution is 2.30. The molecule has 2 unspecified atom stereocenters. The highest BCUT2D eigenvalue weighted by atomic mass is 19.2. The van der Waals surface area contributed by atoms with E-state index in [1.165, 1.54) is 25.3 Å². The van der Waals surface area contributed by atoms with Crippen LogP contribution in [0.2, 0.25) is 0 Å². The number of halogens is 2. The molecule has 0 radical (unpaired) electrons. The smallest absolute Gasteiger partial charge is 0.267 e. The molecule has 0 aromatic heterocycles. The fraction of sp³-hybridized carbons (Fsp3) is 0.263. The molecule has 1 fully saturated rings. The van der Waals surface area contributed by atoms with Crippen molar-refractivity contribution in [3.8, 4) is 11.5 Å². The van der Waals surface area contributed by atoms with Crippen molar-refractivity contribution in [2.24, 2.45) is 0 Å². The second-order valence-corrected chi connectivity index (χ2v) is 5.81. The molecule has 1 heterocycles. The summed E-state index contributed by atoms with van der Waals surface area (Å²) < 4.78 is 37.7. The quantitative estimate of drug-likeness (QED) is 0.769. The molecule has 0 aliphatic carbocycles. The number of hydrogen-bond donors (Lipinski definition) is 0. The van der Waals surface area contributed by atoms with E-state index in [2.05, 4.69) is 0 Å². The van der Waals surface area contributed by atoms with Gasteiger partial charge in [0.15, 0.2) is 17.7 Å². The van der Waals surface area contributed by atoms with Crippen LogP contribution in [0.25, 0.3) is 0 Å². The number of alkyl halides is 2. The van der Waals surface area contributed by atoms with Crippen LogP contribution in [0.15, 0.2) is 48.5 Å². The summed E-state index contributed by atoms with van der Waals surface area (Å²) in [6.07, 6.45) is -4.30. The van der Waals surface area contributed by atoms with Gasteiger partial charge in [0.05, 0.1) is 13.7 Å². The van der Waals surface area contributed by atoms with Gasteiger partial charge < -0.3 is 9.47 Å². The molecule has 1 aliphatic heterocycles. The zero-order valence-corrected chi connectivity index (χ0v) is 14.0. The van der Waals surface area contributed by atoms with E-state index < -0.39 is 30.7 Å². The molecule has 1 aliphatic rings. The Balaban J connectivity index is 1.80. The molecular formula is C19H17F2NO4. The normalized spacial score (nSPS) is 19.5. The van der Waals surface area contributed by atoms with E-state index in [0.29, 0.717) is 16.4 Å². The molecule has 2 aromatic carbocycles. The average molecular weight is 361 g/mol. The van der Waals surface area contributed by atoms with E-state index in [-0.39, 0.29) is 12.2 Å². The van der Waals surface area contributed by atoms with Crippen LogP contribution in [-0.4, -0.2) is 42.7 Å². The molecule has 1 saturated heterocycles. The minimum atomic E-state index is -2.30. The fourth-order valence-electron chi connectivity index (χ4n) is 2.66. The maximum Gasteiger partial charge on any atom is 0.267 e. The van der Waals surface area contributed by atoms with Gasteiger partial charge in [-0.2, -0.15) is 0 Å². The second-order valence-electron chi connectivity index (χ2n) is 5.81. The standard InChI is InChI=1S/C19H17F2NO4/c1-25-15-8-7-13(18(23)22-10-14(20)17(21)19(22)24)9-16(15)26-11-12-5-3-2-4-6-12/h2-9,14,17H,10-11H2,1H3. The summed E-state index contributed by atoms with van der Waals surface area (Å²) in [5.74, 6) is -1.24. The number of carbonyl (C=O) groups excluding carboxylic acids is 2. The third kappa shape index (κ3) is 3.51. The first-order valence-corrected chi connectivity index (χ1v) is 8.00. The monoisotopic (exact) mass is 361 g/mol. The number of ether oxygens (including phenoxy) is 2. The molecule has 5 nitrogen and oxygen atoms in total. The Morgan fingerprint density at radius 3 is 2.50 bits per heavy atom. The van der Waals surface area contributed by atoms with Gasteiger partial charge in [-0.05, 0) is 23.8 Å². The summed E-state index contributed by atoms with van der Waals surface area (Å²) in [5, 5.41) is 0. The van der Waals surface area contributed by atoms with Crippen LogP contribution in [0.5, 0.6) is 11.5 Å². The van der Waals surface area contributed by atoms with E-state index in [4.69, 9.17) is 9.47 Å². The van der Waals surface area contributed by atoms with E-state index >= 15 is 0 Å². The lowest BCUT2D eigenvalue weighted by molar-refractivity contribution is -0.129. The van der Waals surface area contributed by atoms with Crippen molar-refractivity contribution in [3.05, 3.63) is 59.7 Å². The van der Waals surface area contributed by atoms with Crippen LogP contribution in [0.3, 0.4) is 0 Å². The van der Waals surface area contributed by atoms with E-state index in [1.54, 1.807) is 0 Å². The SMILES string of the molecule is COc1ccc(C(=O)N2CC(F)C(F)C2=O)cc1OCc1ccccc1. The van der Waals surface area contributed by atoms with Crippen LogP contribution in [0.4, 0.5) is 8.78 Å². The van der Waals surface area contributed by atoms with E-state index in [9.17, 15) is 18.4 Å². The number of nitrogens with zero attached hydrogens (tertiary/aromatic N) is 1. The summed E-state index contributed by atoms with van der Waals surface area (Å²) >= 11 is 0. The number of carbonyl (C=O) groups is 2. The maximum absolute atomic E-state index is 13.4. The van der Waals surface area contributed by atoms with E-state index in [0.717, 1.165) is 5.56 Å². The highest BCUT2D eigenvalue weighted by molar-refractivity contribution is 6.07. The number of hydrogen-bond acceptors (Lipinski definition) is 4. The number of likely N-dealkylation sites (tertiary alicyclic amines) is 1. The van der Waals surface area contributed by atoms with Crippen LogP contribution in [0.1, 0.15) is 15.9 Å². The average Bonchev–Trinajstić information content (AvgIpc) is 2.93. The summed E-state index contributed by atoms with van der Waals surface area (Å²) in [6, 6.07) is 13.7. The van der Waals surface area contributed by atoms with Gasteiger partial charge in [-0.15, -0.1) is 0 Å². The summed E-state index contributed by atoms with van der Waals surface area (Å²) in [5.41, 5.74) is 1.00. The molecule has 2 atom stereocenters. The van der Waals surface area contributed by atoms with Gasteiger partial charge in [0.25, 0.3) is 11.8 Å². The van der Waals surface area contributed by atoms with E-state index in [1.807, 2.05) is 30.3 Å². The van der Waals surface area contributed by atoms with Crippen LogP contribution in [0, 0.1) is 0 Å². The molecular weight excluding hydrogens is 344 g/mol. The maximum atomic E-state index is 13.4. The first-order chi connectivity index (χ1) is 12.5. The lowest BCUT2D eigenvalue weighted by atomic mass is 10.1. The lowest BCUT2D eigenvalue weighted by Crippen LogP contribution is -2.34. The Labute approximate surface area is 149 Å². The fourth-order valence-corrected chi connectivity index (χ4v) is 2.66. The van der Waals surface area contributed by atoms with Crippen molar-refractivity contribution >= 4 is 11.8 Å². The van der Waals surface area contributed by atoms with Crippen molar-refractivity contribution in [3.63, 3.8) is 0 Å². The first kappa shape index (κ1) is 17.8. The molecule has 2 aromatic rings. The van der Waals surface area contributed by atoms with Gasteiger partial charge >= 0.3 is 0 Å². The number of benzene rings is 2. The van der Waals surface area contributed by atoms with Crippen molar-refractivity contribution < 1.29 is 27.8 Å². The number of imide groups is 1. The molecule has 3 rings (SSSR count). The molecule has 0 saturated carbocycles. The van der Waals surface area contributed by atoms with Crippen LogP contribution < -0.4 is 9.47 Å². The van der Waals surface area contributed by atoms with Crippen molar-refractivity contribution in [2.75, 3.05) is 13.7 Å². The van der Waals surface area contributed by atoms with Gasteiger partial charge in [0, 0.05) is 5.56 Å². The largest absolute Gasteiger partial charge is 0.493 e. The van der Waals surface area contributed by atoms with Crippen LogP contribution in [-0.2, 0) is 11.4 Å². The third-order valence-electron chi connectivity index (χ3n) is 4.07. The minimum Gasteiger partial charge on any atom is -0.493 e. The number of rotatable bonds is 5. The zero-order valence-electron chi connectivity index (χ0n) is 14.0. The van der Waals surface area contributed by atoms with Gasteiger partial charge in [-0.25, -0.2) is 8.78 Å². The van der Waals surface area contributed by atoms with Gasteiger partial charge in [0.1, 0.15) is 6.61 Å². The Morgan fingerprint density at radius 1 is 1.15 bits per heavy atom. The summed E-state index contributed by atoms with van der Waals surface area (Å²) in [6.45, 7) is -0.346. The molecule has 0 spiro atoms. The molecule has 0 bridgehead atoms. The summed E-state index contributed by atoms with van der Waals surface area (Å²) in [4.78, 5) is 24.7. The van der Waals surface area contributed by atoms with Gasteiger partial charge in [-0.1, -0.05) is 30.3 Å². The Kier molecular flexibility index (Phi) is 5.16. The molecule has 2 amide bonds. The Hall–Kier alpha value is -2.96. The predicted molar refractivity (Wildman–Crippen MR) is 89.6 cm³/mol. The third-order valence-corrected chi connectivity index (χ3v) is 4.07. The second kappa shape index (κ2) is 7.51. The Morgan fingerprint density at radius 2 is 1.88 bits per heavy atom. The highest BCUT2D eigenvalue weighted by Gasteiger charge is 2.44. The lowest BCUT2D eigenvalue weighted by Gasteiger charge is -2.16. The first-order valence-electron chi connectivity index (χ1n) is 8.00. The predicted octanol–water partition coefficient (Wildman–Crippen LogP) is 2.93. The number of methoxy groups -OCH3 is 1. The zero-order chi connectivity index (χ0) is 18.7. The van der Waals surface area contributed by atoms with Crippen LogP contribution >= 0.6 is 0 Å². The van der Waals surface area contributed by atoms with Gasteiger partial charge in [0.2, 0.25) is 6.17 Å². The van der Waals surface area contributed by atoms with Crippen molar-refractivity contribution in [1.82, 2.24) is 4.90 Å². The van der Waals surface area contributed by atoms with Crippen molar-refractivity contribution in [1.29, 1.82) is 0 Å². The minimum absolute atomic E-state index is 0.0866. The molecule has 136 valence electrons. The van der Waals surface area contributed by atoms with Gasteiger partial charge in [-0.3, -0.25) is 14.5 Å². The number of amides is 2. The molecule has 26 heavy (non-hydrogen) atoms. The van der Waals surface area contributed by atoms with Crippen molar-refractivity contribution in [2.45, 2.75) is 19.0 Å². The molecule has 0 N–H and O–H groups in total. The Bertz CT molecular complexity index is 812.